The van der Waals surface area contributed by atoms with Crippen molar-refractivity contribution >= 4 is 27.8 Å². The van der Waals surface area contributed by atoms with Crippen LogP contribution < -0.4 is 5.73 Å². The second kappa shape index (κ2) is 8.41. The van der Waals surface area contributed by atoms with Crippen LogP contribution in [0.5, 0.6) is 0 Å². The highest BCUT2D eigenvalue weighted by Gasteiger charge is 2.23. The number of carbonyl (C=O) groups excluding carboxylic acids is 1. The topological polar surface area (TPSA) is 78.3 Å². The third-order valence-electron chi connectivity index (χ3n) is 6.43. The maximum atomic E-state index is 13.1. The Bertz CT molecular complexity index is 1290. The number of para-hydroxylation sites is 1. The number of methoxy groups -OCH3 is 1. The summed E-state index contributed by atoms with van der Waals surface area (Å²) >= 11 is 0. The number of fused-ring (bicyclic) bond motifs is 2. The first-order valence-corrected chi connectivity index (χ1v) is 11.2. The lowest BCUT2D eigenvalue weighted by atomic mass is 10.1. The Morgan fingerprint density at radius 1 is 1.19 bits per heavy atom. The maximum absolute atomic E-state index is 13.1. The number of imidazole rings is 1. The number of rotatable bonds is 5. The van der Waals surface area contributed by atoms with E-state index in [4.69, 9.17) is 15.5 Å². The molecule has 5 rings (SSSR count). The molecule has 3 heterocycles. The molecule has 1 aliphatic rings. The molecule has 4 aromatic rings. The van der Waals surface area contributed by atoms with Crippen molar-refractivity contribution in [3.63, 3.8) is 0 Å². The lowest BCUT2D eigenvalue weighted by Crippen LogP contribution is -2.45. The molecule has 2 aromatic carbocycles. The molecule has 1 saturated heterocycles. The number of carbonyl (C=O) groups is 1. The van der Waals surface area contributed by atoms with Crippen LogP contribution in [0.4, 0.5) is 0 Å². The third kappa shape index (κ3) is 3.57. The number of nitrogens with zero attached hydrogens (tertiary/aromatic N) is 4. The van der Waals surface area contributed by atoms with E-state index in [1.807, 2.05) is 36.2 Å². The van der Waals surface area contributed by atoms with Gasteiger partial charge in [-0.1, -0.05) is 18.2 Å². The summed E-state index contributed by atoms with van der Waals surface area (Å²) < 4.78 is 9.70. The van der Waals surface area contributed by atoms with Crippen LogP contribution in [0.15, 0.2) is 48.5 Å². The molecule has 166 valence electrons. The zero-order valence-electron chi connectivity index (χ0n) is 18.6. The molecule has 0 bridgehead atoms. The summed E-state index contributed by atoms with van der Waals surface area (Å²) in [5.74, 6) is 0.903. The minimum Gasteiger partial charge on any atom is -0.383 e. The number of hydrogen-bond donors (Lipinski definition) is 1. The number of nitrogens with two attached hydrogens (primary N) is 1. The first kappa shape index (κ1) is 20.7. The highest BCUT2D eigenvalue weighted by molar-refractivity contribution is 5.98. The molecule has 1 aliphatic heterocycles. The molecule has 1 amide bonds. The molecule has 1 atom stereocenters. The number of piperidine rings is 1. The number of amides is 1. The van der Waals surface area contributed by atoms with Crippen molar-refractivity contribution in [1.29, 1.82) is 0 Å². The zero-order chi connectivity index (χ0) is 22.2. The Hall–Kier alpha value is -3.16. The van der Waals surface area contributed by atoms with Gasteiger partial charge in [-0.05, 0) is 43.2 Å². The van der Waals surface area contributed by atoms with Crippen LogP contribution in [0.25, 0.3) is 33.5 Å². The monoisotopic (exact) mass is 431 g/mol. The van der Waals surface area contributed by atoms with E-state index in [0.29, 0.717) is 18.7 Å². The molecule has 0 radical (unpaired) electrons. The van der Waals surface area contributed by atoms with E-state index in [1.165, 1.54) is 5.39 Å². The highest BCUT2D eigenvalue weighted by Crippen LogP contribution is 2.30. The molecule has 0 aliphatic carbocycles. The van der Waals surface area contributed by atoms with Crippen molar-refractivity contribution in [2.75, 3.05) is 26.8 Å². The van der Waals surface area contributed by atoms with Gasteiger partial charge in [0.15, 0.2) is 5.82 Å². The summed E-state index contributed by atoms with van der Waals surface area (Å²) in [6.07, 6.45) is 1.93. The summed E-state index contributed by atoms with van der Waals surface area (Å²) in [6, 6.07) is 16.4. The third-order valence-corrected chi connectivity index (χ3v) is 6.43. The van der Waals surface area contributed by atoms with E-state index >= 15 is 0 Å². The van der Waals surface area contributed by atoms with Crippen molar-refractivity contribution in [3.05, 3.63) is 54.1 Å². The molecule has 1 fully saturated rings. The van der Waals surface area contributed by atoms with Crippen LogP contribution in [0, 0.1) is 0 Å². The number of aromatic nitrogens is 3. The number of hydrogen-bond acceptors (Lipinski definition) is 4. The van der Waals surface area contributed by atoms with E-state index in [1.54, 1.807) is 7.11 Å². The smallest absolute Gasteiger partial charge is 0.253 e. The molecule has 0 spiro atoms. The molecule has 7 heteroatoms. The van der Waals surface area contributed by atoms with E-state index in [2.05, 4.69) is 33.4 Å². The number of benzene rings is 2. The molecular formula is C25H29N5O2. The van der Waals surface area contributed by atoms with Gasteiger partial charge < -0.3 is 24.5 Å². The van der Waals surface area contributed by atoms with Gasteiger partial charge in [0.25, 0.3) is 5.91 Å². The van der Waals surface area contributed by atoms with Crippen molar-refractivity contribution in [3.8, 4) is 11.5 Å². The fourth-order valence-corrected chi connectivity index (χ4v) is 4.76. The fraction of sp³-hybridized carbons (Fsp3) is 0.360. The van der Waals surface area contributed by atoms with Gasteiger partial charge in [-0.25, -0.2) is 4.98 Å². The summed E-state index contributed by atoms with van der Waals surface area (Å²) in [5, 5.41) is 1.17. The Balaban J connectivity index is 1.56. The maximum Gasteiger partial charge on any atom is 0.253 e. The molecule has 2 aromatic heterocycles. The first-order chi connectivity index (χ1) is 15.6. The molecule has 7 nitrogen and oxygen atoms in total. The highest BCUT2D eigenvalue weighted by atomic mass is 16.5. The van der Waals surface area contributed by atoms with Gasteiger partial charge in [0.05, 0.1) is 23.3 Å². The van der Waals surface area contributed by atoms with Crippen molar-refractivity contribution in [2.24, 2.45) is 12.8 Å². The number of ether oxygens (including phenoxy) is 1. The Morgan fingerprint density at radius 2 is 2.03 bits per heavy atom. The molecular weight excluding hydrogens is 402 g/mol. The average molecular weight is 432 g/mol. The van der Waals surface area contributed by atoms with E-state index < -0.39 is 0 Å². The Labute approximate surface area is 187 Å². The zero-order valence-corrected chi connectivity index (χ0v) is 18.6. The number of likely N-dealkylation sites (tertiary alicyclic amines) is 1. The van der Waals surface area contributed by atoms with Gasteiger partial charge in [-0.3, -0.25) is 4.79 Å². The Morgan fingerprint density at radius 3 is 2.84 bits per heavy atom. The van der Waals surface area contributed by atoms with Gasteiger partial charge in [0.2, 0.25) is 0 Å². The lowest BCUT2D eigenvalue weighted by Gasteiger charge is -2.30. The van der Waals surface area contributed by atoms with Crippen molar-refractivity contribution in [2.45, 2.75) is 25.4 Å². The van der Waals surface area contributed by atoms with E-state index in [-0.39, 0.29) is 11.9 Å². The van der Waals surface area contributed by atoms with Crippen LogP contribution in [0.3, 0.4) is 0 Å². The summed E-state index contributed by atoms with van der Waals surface area (Å²) in [4.78, 5) is 19.9. The van der Waals surface area contributed by atoms with E-state index in [0.717, 1.165) is 54.0 Å². The molecule has 2 N–H and O–H groups in total. The van der Waals surface area contributed by atoms with Crippen LogP contribution in [-0.4, -0.2) is 57.8 Å². The average Bonchev–Trinajstić information content (AvgIpc) is 3.34. The minimum absolute atomic E-state index is 0.0310. The fourth-order valence-electron chi connectivity index (χ4n) is 4.76. The predicted molar refractivity (Wildman–Crippen MR) is 127 cm³/mol. The van der Waals surface area contributed by atoms with Crippen LogP contribution in [0.1, 0.15) is 23.2 Å². The number of aryl methyl sites for hydroxylation is 1. The second-order valence-electron chi connectivity index (χ2n) is 8.58. The first-order valence-electron chi connectivity index (χ1n) is 11.2. The van der Waals surface area contributed by atoms with Gasteiger partial charge >= 0.3 is 0 Å². The predicted octanol–water partition coefficient (Wildman–Crippen LogP) is 3.40. The van der Waals surface area contributed by atoms with Crippen LogP contribution in [-0.2, 0) is 18.3 Å². The summed E-state index contributed by atoms with van der Waals surface area (Å²) in [7, 11) is 3.74. The van der Waals surface area contributed by atoms with E-state index in [9.17, 15) is 4.79 Å². The van der Waals surface area contributed by atoms with Crippen LogP contribution in [0.2, 0.25) is 0 Å². The molecule has 32 heavy (non-hydrogen) atoms. The SMILES string of the molecule is COCCn1c(-c2nc3cc(C(=O)N4CCC[C@@H](N)C4)ccc3n2C)cc2ccccc21. The second-order valence-corrected chi connectivity index (χ2v) is 8.58. The van der Waals surface area contributed by atoms with Gasteiger partial charge in [0.1, 0.15) is 0 Å². The van der Waals surface area contributed by atoms with Crippen LogP contribution >= 0.6 is 0 Å². The minimum atomic E-state index is 0.0310. The summed E-state index contributed by atoms with van der Waals surface area (Å²) in [5.41, 5.74) is 10.8. The Kier molecular flexibility index (Phi) is 5.45. The van der Waals surface area contributed by atoms with Gasteiger partial charge in [-0.15, -0.1) is 0 Å². The summed E-state index contributed by atoms with van der Waals surface area (Å²) in [6.45, 7) is 2.73. The van der Waals surface area contributed by atoms with Crippen molar-refractivity contribution < 1.29 is 9.53 Å². The quantitative estimate of drug-likeness (QED) is 0.525. The lowest BCUT2D eigenvalue weighted by molar-refractivity contribution is 0.0709. The van der Waals surface area contributed by atoms with Crippen molar-refractivity contribution in [1.82, 2.24) is 19.0 Å². The molecule has 0 unspecified atom stereocenters. The normalized spacial score (nSPS) is 16.8. The largest absolute Gasteiger partial charge is 0.383 e. The standard InChI is InChI=1S/C25H29N5O2/c1-28-22-10-9-18(25(31)29-11-5-7-19(26)16-29)14-20(22)27-24(28)23-15-17-6-3-4-8-21(17)30(23)12-13-32-2/h3-4,6,8-10,14-15,19H,5,7,11-13,16,26H2,1-2H3/t19-/m1/s1. The van der Waals surface area contributed by atoms with Gasteiger partial charge in [0, 0.05) is 56.3 Å². The van der Waals surface area contributed by atoms with Gasteiger partial charge in [-0.2, -0.15) is 0 Å². The molecule has 0 saturated carbocycles.